The highest BCUT2D eigenvalue weighted by atomic mass is 35.5. The van der Waals surface area contributed by atoms with E-state index in [-0.39, 0.29) is 30.7 Å². The van der Waals surface area contributed by atoms with Crippen molar-refractivity contribution in [2.45, 2.75) is 31.3 Å². The van der Waals surface area contributed by atoms with E-state index in [1.165, 1.54) is 25.8 Å². The van der Waals surface area contributed by atoms with Crippen LogP contribution in [0.25, 0.3) is 0 Å². The minimum Gasteiger partial charge on any atom is -0.383 e. The second-order valence-electron chi connectivity index (χ2n) is 5.03. The highest BCUT2D eigenvalue weighted by Gasteiger charge is 2.32. The number of halogens is 2. The Balaban J connectivity index is 0.00000162. The summed E-state index contributed by atoms with van der Waals surface area (Å²) in [7, 11) is 1.58. The van der Waals surface area contributed by atoms with E-state index in [1.807, 2.05) is 4.90 Å². The molecule has 2 fully saturated rings. The topological polar surface area (TPSA) is 58.8 Å². The Morgan fingerprint density at radius 3 is 2.74 bits per heavy atom. The Labute approximate surface area is 127 Å². The van der Waals surface area contributed by atoms with Gasteiger partial charge in [0.25, 0.3) is 0 Å². The first kappa shape index (κ1) is 18.9. The third kappa shape index (κ3) is 4.76. The second kappa shape index (κ2) is 8.97. The smallest absolute Gasteiger partial charge is 0.241 e. The number of piperidine rings is 1. The molecule has 2 N–H and O–H groups in total. The van der Waals surface area contributed by atoms with Gasteiger partial charge in [-0.1, -0.05) is 6.42 Å². The molecule has 2 rings (SSSR count). The fourth-order valence-electron chi connectivity index (χ4n) is 2.84. The normalized spacial score (nSPS) is 24.7. The van der Waals surface area contributed by atoms with Crippen LogP contribution in [0.5, 0.6) is 0 Å². The van der Waals surface area contributed by atoms with Gasteiger partial charge in [0.05, 0.1) is 6.61 Å². The minimum absolute atomic E-state index is 0. The molecule has 0 aromatic carbocycles. The minimum atomic E-state index is -0.504. The van der Waals surface area contributed by atoms with Crippen LogP contribution in [0.1, 0.15) is 19.3 Å². The molecule has 19 heavy (non-hydrogen) atoms. The Morgan fingerprint density at radius 1 is 1.32 bits per heavy atom. The van der Waals surface area contributed by atoms with Crippen LogP contribution in [0, 0.1) is 0 Å². The van der Waals surface area contributed by atoms with Crippen molar-refractivity contribution in [3.8, 4) is 0 Å². The molecule has 0 aromatic rings. The maximum atomic E-state index is 12.1. The van der Waals surface area contributed by atoms with Crippen molar-refractivity contribution in [2.24, 2.45) is 5.73 Å². The van der Waals surface area contributed by atoms with Gasteiger partial charge in [-0.3, -0.25) is 9.69 Å². The Kier molecular flexibility index (Phi) is 8.94. The van der Waals surface area contributed by atoms with Crippen LogP contribution in [0.4, 0.5) is 0 Å². The molecule has 2 aliphatic heterocycles. The number of carbonyl (C=O) groups is 1. The molecule has 1 amide bonds. The predicted octanol–water partition coefficient (Wildman–Crippen LogP) is 0.500. The Morgan fingerprint density at radius 2 is 2.05 bits per heavy atom. The Hall–Kier alpha value is -0.0700. The van der Waals surface area contributed by atoms with Gasteiger partial charge in [0.1, 0.15) is 6.04 Å². The van der Waals surface area contributed by atoms with Crippen molar-refractivity contribution in [3.05, 3.63) is 0 Å². The standard InChI is InChI=1S/C12H23N3O2.2ClH/c1-17-9-11(13)12(16)15-7-6-14-5-3-2-4-10(14)8-15;;/h10-11H,2-9,13H2,1H3;2*1H. The number of nitrogens with two attached hydrogens (primary N) is 1. The molecule has 2 heterocycles. The number of ether oxygens (including phenoxy) is 1. The molecule has 5 nitrogen and oxygen atoms in total. The summed E-state index contributed by atoms with van der Waals surface area (Å²) in [5.41, 5.74) is 5.80. The summed E-state index contributed by atoms with van der Waals surface area (Å²) in [6.07, 6.45) is 3.80. The summed E-state index contributed by atoms with van der Waals surface area (Å²) in [6.45, 7) is 4.15. The summed E-state index contributed by atoms with van der Waals surface area (Å²) >= 11 is 0. The summed E-state index contributed by atoms with van der Waals surface area (Å²) in [4.78, 5) is 16.5. The van der Waals surface area contributed by atoms with E-state index >= 15 is 0 Å². The third-order valence-electron chi connectivity index (χ3n) is 3.81. The van der Waals surface area contributed by atoms with Crippen molar-refractivity contribution in [3.63, 3.8) is 0 Å². The van der Waals surface area contributed by atoms with Gasteiger partial charge in [-0.15, -0.1) is 24.8 Å². The molecule has 2 aliphatic rings. The van der Waals surface area contributed by atoms with E-state index in [0.29, 0.717) is 12.6 Å². The number of fused-ring (bicyclic) bond motifs is 1. The van der Waals surface area contributed by atoms with Gasteiger partial charge in [-0.2, -0.15) is 0 Å². The van der Waals surface area contributed by atoms with Gasteiger partial charge in [-0.05, 0) is 19.4 Å². The molecule has 2 atom stereocenters. The van der Waals surface area contributed by atoms with Gasteiger partial charge in [0, 0.05) is 32.8 Å². The fraction of sp³-hybridized carbons (Fsp3) is 0.917. The van der Waals surface area contributed by atoms with E-state index in [0.717, 1.165) is 19.6 Å². The lowest BCUT2D eigenvalue weighted by Gasteiger charge is -2.44. The molecule has 0 saturated carbocycles. The van der Waals surface area contributed by atoms with E-state index in [1.54, 1.807) is 7.11 Å². The molecule has 0 bridgehead atoms. The zero-order chi connectivity index (χ0) is 12.3. The van der Waals surface area contributed by atoms with Crippen molar-refractivity contribution in [1.29, 1.82) is 0 Å². The zero-order valence-corrected chi connectivity index (χ0v) is 13.0. The van der Waals surface area contributed by atoms with Crippen LogP contribution in [0.3, 0.4) is 0 Å². The molecule has 2 unspecified atom stereocenters. The van der Waals surface area contributed by atoms with Gasteiger partial charge in [0.15, 0.2) is 0 Å². The lowest BCUT2D eigenvalue weighted by Crippen LogP contribution is -2.59. The van der Waals surface area contributed by atoms with Crippen LogP contribution >= 0.6 is 24.8 Å². The molecule has 114 valence electrons. The van der Waals surface area contributed by atoms with E-state index in [9.17, 15) is 4.79 Å². The number of methoxy groups -OCH3 is 1. The van der Waals surface area contributed by atoms with Gasteiger partial charge >= 0.3 is 0 Å². The molecule has 0 aliphatic carbocycles. The largest absolute Gasteiger partial charge is 0.383 e. The van der Waals surface area contributed by atoms with Crippen LogP contribution in [0.15, 0.2) is 0 Å². The van der Waals surface area contributed by atoms with E-state index < -0.39 is 6.04 Å². The number of hydrogen-bond donors (Lipinski definition) is 1. The lowest BCUT2D eigenvalue weighted by molar-refractivity contribution is -0.137. The number of carbonyl (C=O) groups excluding carboxylic acids is 1. The molecular formula is C12H25Cl2N3O2. The molecule has 0 aromatic heterocycles. The summed E-state index contributed by atoms with van der Waals surface area (Å²) in [5, 5.41) is 0. The van der Waals surface area contributed by atoms with Crippen molar-refractivity contribution < 1.29 is 9.53 Å². The monoisotopic (exact) mass is 313 g/mol. The van der Waals surface area contributed by atoms with Gasteiger partial charge in [-0.25, -0.2) is 0 Å². The maximum absolute atomic E-state index is 12.1. The predicted molar refractivity (Wildman–Crippen MR) is 80.1 cm³/mol. The molecular weight excluding hydrogens is 289 g/mol. The molecule has 7 heteroatoms. The highest BCUT2D eigenvalue weighted by Crippen LogP contribution is 2.21. The number of piperazine rings is 1. The Bertz CT molecular complexity index is 282. The number of hydrogen-bond acceptors (Lipinski definition) is 4. The van der Waals surface area contributed by atoms with Gasteiger partial charge in [0.2, 0.25) is 5.91 Å². The van der Waals surface area contributed by atoms with Gasteiger partial charge < -0.3 is 15.4 Å². The number of nitrogens with zero attached hydrogens (tertiary/aromatic N) is 2. The van der Waals surface area contributed by atoms with E-state index in [2.05, 4.69) is 4.90 Å². The van der Waals surface area contributed by atoms with Crippen LogP contribution in [-0.4, -0.2) is 67.7 Å². The van der Waals surface area contributed by atoms with Crippen molar-refractivity contribution >= 4 is 30.7 Å². The number of amides is 1. The SMILES string of the molecule is COCC(N)C(=O)N1CCN2CCCCC2C1.Cl.Cl. The molecule has 0 spiro atoms. The fourth-order valence-corrected chi connectivity index (χ4v) is 2.84. The highest BCUT2D eigenvalue weighted by molar-refractivity contribution is 5.85. The third-order valence-corrected chi connectivity index (χ3v) is 3.81. The van der Waals surface area contributed by atoms with Crippen LogP contribution in [0.2, 0.25) is 0 Å². The van der Waals surface area contributed by atoms with E-state index in [4.69, 9.17) is 10.5 Å². The maximum Gasteiger partial charge on any atom is 0.241 e. The molecule has 0 radical (unpaired) electrons. The summed E-state index contributed by atoms with van der Waals surface area (Å²) in [5.74, 6) is 0.0390. The quantitative estimate of drug-likeness (QED) is 0.824. The lowest BCUT2D eigenvalue weighted by atomic mass is 9.99. The second-order valence-corrected chi connectivity index (χ2v) is 5.03. The average Bonchev–Trinajstić information content (AvgIpc) is 2.37. The van der Waals surface area contributed by atoms with Crippen LogP contribution in [-0.2, 0) is 9.53 Å². The zero-order valence-electron chi connectivity index (χ0n) is 11.4. The number of rotatable bonds is 3. The first-order valence-electron chi connectivity index (χ1n) is 6.49. The molecule has 2 saturated heterocycles. The van der Waals surface area contributed by atoms with Crippen molar-refractivity contribution in [1.82, 2.24) is 9.80 Å². The average molecular weight is 314 g/mol. The van der Waals surface area contributed by atoms with Crippen molar-refractivity contribution in [2.75, 3.05) is 39.9 Å². The first-order chi connectivity index (χ1) is 8.22. The van der Waals surface area contributed by atoms with Crippen LogP contribution < -0.4 is 5.73 Å². The summed E-state index contributed by atoms with van der Waals surface area (Å²) in [6, 6.07) is 0.0475. The first-order valence-corrected chi connectivity index (χ1v) is 6.49. The summed E-state index contributed by atoms with van der Waals surface area (Å²) < 4.78 is 4.94.